The summed E-state index contributed by atoms with van der Waals surface area (Å²) in [5.74, 6) is 1.31. The lowest BCUT2D eigenvalue weighted by atomic mass is 10.1. The van der Waals surface area contributed by atoms with Crippen LogP contribution in [0, 0.1) is 0 Å². The molecule has 0 amide bonds. The minimum atomic E-state index is -4.36. The van der Waals surface area contributed by atoms with Crippen LogP contribution in [-0.4, -0.2) is 19.9 Å². The highest BCUT2D eigenvalue weighted by Crippen LogP contribution is 2.29. The van der Waals surface area contributed by atoms with Crippen LogP contribution in [0.1, 0.15) is 11.1 Å². The highest BCUT2D eigenvalue weighted by molar-refractivity contribution is 5.53. The second-order valence-corrected chi connectivity index (χ2v) is 5.04. The van der Waals surface area contributed by atoms with Crippen molar-refractivity contribution < 1.29 is 13.2 Å². The van der Waals surface area contributed by atoms with Crippen LogP contribution >= 0.6 is 0 Å². The van der Waals surface area contributed by atoms with Gasteiger partial charge in [-0.3, -0.25) is 0 Å². The van der Waals surface area contributed by atoms with Crippen LogP contribution in [0.25, 0.3) is 0 Å². The van der Waals surface area contributed by atoms with E-state index < -0.39 is 11.7 Å². The molecule has 0 bridgehead atoms. The zero-order valence-electron chi connectivity index (χ0n) is 12.8. The zero-order chi connectivity index (χ0) is 17.7. The Balaban J connectivity index is 1.67. The van der Waals surface area contributed by atoms with Gasteiger partial charge in [-0.25, -0.2) is 19.9 Å². The summed E-state index contributed by atoms with van der Waals surface area (Å²) >= 11 is 0. The van der Waals surface area contributed by atoms with Gasteiger partial charge in [0.15, 0.2) is 0 Å². The fraction of sp³-hybridized carbons (Fsp3) is 0.125. The normalized spacial score (nSPS) is 11.2. The first-order chi connectivity index (χ1) is 12.0. The standard InChI is InChI=1S/C16H13F3N6/c17-16(18,19)12-4-1-3-11(7-12)9-22-13-8-14(24-10-23-13)25-15-20-5-2-6-21-15/h1-8,10H,9H2,(H2,20,21,22,23,24,25). The van der Waals surface area contributed by atoms with E-state index in [-0.39, 0.29) is 6.54 Å². The predicted molar refractivity (Wildman–Crippen MR) is 86.1 cm³/mol. The number of aromatic nitrogens is 4. The Kier molecular flexibility index (Phi) is 4.73. The maximum Gasteiger partial charge on any atom is 0.416 e. The first kappa shape index (κ1) is 16.6. The second kappa shape index (κ2) is 7.12. The first-order valence-corrected chi connectivity index (χ1v) is 7.27. The average Bonchev–Trinajstić information content (AvgIpc) is 2.61. The minimum Gasteiger partial charge on any atom is -0.366 e. The molecular weight excluding hydrogens is 333 g/mol. The number of hydrogen-bond donors (Lipinski definition) is 2. The molecule has 0 aliphatic heterocycles. The highest BCUT2D eigenvalue weighted by atomic mass is 19.4. The van der Waals surface area contributed by atoms with Gasteiger partial charge in [-0.1, -0.05) is 12.1 Å². The van der Waals surface area contributed by atoms with Crippen LogP contribution in [0.2, 0.25) is 0 Å². The predicted octanol–water partition coefficient (Wildman–Crippen LogP) is 3.64. The van der Waals surface area contributed by atoms with Crippen molar-refractivity contribution in [3.8, 4) is 0 Å². The SMILES string of the molecule is FC(F)(F)c1cccc(CNc2cc(Nc3ncccn3)ncn2)c1. The van der Waals surface area contributed by atoms with E-state index in [2.05, 4.69) is 30.6 Å². The molecule has 0 aliphatic rings. The van der Waals surface area contributed by atoms with Gasteiger partial charge in [-0.05, 0) is 23.8 Å². The smallest absolute Gasteiger partial charge is 0.366 e. The summed E-state index contributed by atoms with van der Waals surface area (Å²) in [6.07, 6.45) is 0.143. The molecule has 2 aromatic heterocycles. The van der Waals surface area contributed by atoms with E-state index >= 15 is 0 Å². The van der Waals surface area contributed by atoms with Crippen molar-refractivity contribution in [2.75, 3.05) is 10.6 Å². The van der Waals surface area contributed by atoms with E-state index in [1.807, 2.05) is 0 Å². The van der Waals surface area contributed by atoms with Gasteiger partial charge >= 0.3 is 6.18 Å². The van der Waals surface area contributed by atoms with E-state index in [1.54, 1.807) is 30.6 Å². The molecule has 2 N–H and O–H groups in total. The summed E-state index contributed by atoms with van der Waals surface area (Å²) in [5, 5.41) is 5.88. The summed E-state index contributed by atoms with van der Waals surface area (Å²) in [5.41, 5.74) is -0.188. The Morgan fingerprint density at radius 2 is 1.64 bits per heavy atom. The minimum absolute atomic E-state index is 0.197. The summed E-state index contributed by atoms with van der Waals surface area (Å²) in [6, 6.07) is 8.43. The Hall–Kier alpha value is -3.23. The third kappa shape index (κ3) is 4.63. The molecule has 3 rings (SSSR count). The molecule has 0 atom stereocenters. The Labute approximate surface area is 141 Å². The number of hydrogen-bond acceptors (Lipinski definition) is 6. The molecule has 0 saturated heterocycles. The monoisotopic (exact) mass is 346 g/mol. The molecule has 1 aromatic carbocycles. The fourth-order valence-electron chi connectivity index (χ4n) is 2.05. The lowest BCUT2D eigenvalue weighted by Crippen LogP contribution is -2.07. The van der Waals surface area contributed by atoms with Gasteiger partial charge in [0.25, 0.3) is 0 Å². The van der Waals surface area contributed by atoms with Gasteiger partial charge in [-0.15, -0.1) is 0 Å². The lowest BCUT2D eigenvalue weighted by Gasteiger charge is -2.10. The molecule has 0 unspecified atom stereocenters. The van der Waals surface area contributed by atoms with Crippen LogP contribution in [-0.2, 0) is 12.7 Å². The molecule has 6 nitrogen and oxygen atoms in total. The van der Waals surface area contributed by atoms with Crippen molar-refractivity contribution >= 4 is 17.6 Å². The lowest BCUT2D eigenvalue weighted by molar-refractivity contribution is -0.137. The van der Waals surface area contributed by atoms with E-state index in [0.29, 0.717) is 23.1 Å². The number of nitrogens with one attached hydrogen (secondary N) is 2. The maximum absolute atomic E-state index is 12.7. The molecular formula is C16H13F3N6. The van der Waals surface area contributed by atoms with Crippen molar-refractivity contribution in [1.82, 2.24) is 19.9 Å². The summed E-state index contributed by atoms with van der Waals surface area (Å²) in [4.78, 5) is 16.1. The van der Waals surface area contributed by atoms with E-state index in [9.17, 15) is 13.2 Å². The molecule has 0 fully saturated rings. The number of halogens is 3. The molecule has 25 heavy (non-hydrogen) atoms. The number of anilines is 3. The molecule has 0 radical (unpaired) electrons. The van der Waals surface area contributed by atoms with Crippen molar-refractivity contribution in [3.05, 3.63) is 66.2 Å². The highest BCUT2D eigenvalue weighted by Gasteiger charge is 2.30. The molecule has 0 spiro atoms. The molecule has 0 aliphatic carbocycles. The van der Waals surface area contributed by atoms with Gasteiger partial charge in [0, 0.05) is 25.0 Å². The quantitative estimate of drug-likeness (QED) is 0.735. The third-order valence-corrected chi connectivity index (χ3v) is 3.20. The van der Waals surface area contributed by atoms with Crippen LogP contribution in [0.4, 0.5) is 30.8 Å². The van der Waals surface area contributed by atoms with Gasteiger partial charge in [0.05, 0.1) is 5.56 Å². The topological polar surface area (TPSA) is 75.6 Å². The van der Waals surface area contributed by atoms with Crippen molar-refractivity contribution in [2.45, 2.75) is 12.7 Å². The largest absolute Gasteiger partial charge is 0.416 e. The Bertz CT molecular complexity index is 839. The second-order valence-electron chi connectivity index (χ2n) is 5.04. The van der Waals surface area contributed by atoms with E-state index in [0.717, 1.165) is 12.1 Å². The van der Waals surface area contributed by atoms with Crippen LogP contribution < -0.4 is 10.6 Å². The van der Waals surface area contributed by atoms with Crippen LogP contribution in [0.3, 0.4) is 0 Å². The maximum atomic E-state index is 12.7. The molecule has 3 aromatic rings. The first-order valence-electron chi connectivity index (χ1n) is 7.27. The molecule has 128 valence electrons. The number of alkyl halides is 3. The van der Waals surface area contributed by atoms with Crippen LogP contribution in [0.5, 0.6) is 0 Å². The van der Waals surface area contributed by atoms with Gasteiger partial charge in [-0.2, -0.15) is 13.2 Å². The fourth-order valence-corrected chi connectivity index (χ4v) is 2.05. The van der Waals surface area contributed by atoms with E-state index in [1.165, 1.54) is 12.4 Å². The van der Waals surface area contributed by atoms with Gasteiger partial charge in [0.1, 0.15) is 18.0 Å². The average molecular weight is 346 g/mol. The summed E-state index contributed by atoms with van der Waals surface area (Å²) in [6.45, 7) is 0.197. The molecule has 9 heteroatoms. The number of benzene rings is 1. The molecule has 0 saturated carbocycles. The number of rotatable bonds is 5. The zero-order valence-corrected chi connectivity index (χ0v) is 12.8. The third-order valence-electron chi connectivity index (χ3n) is 3.20. The Morgan fingerprint density at radius 1 is 0.880 bits per heavy atom. The number of nitrogens with zero attached hydrogens (tertiary/aromatic N) is 4. The summed E-state index contributed by atoms with van der Waals surface area (Å²) < 4.78 is 38.2. The van der Waals surface area contributed by atoms with Crippen molar-refractivity contribution in [2.24, 2.45) is 0 Å². The van der Waals surface area contributed by atoms with E-state index in [4.69, 9.17) is 0 Å². The van der Waals surface area contributed by atoms with Gasteiger partial charge < -0.3 is 10.6 Å². The van der Waals surface area contributed by atoms with Crippen LogP contribution in [0.15, 0.2) is 55.1 Å². The Morgan fingerprint density at radius 3 is 2.40 bits per heavy atom. The molecule has 2 heterocycles. The summed E-state index contributed by atoms with van der Waals surface area (Å²) in [7, 11) is 0. The van der Waals surface area contributed by atoms with Crippen molar-refractivity contribution in [3.63, 3.8) is 0 Å². The van der Waals surface area contributed by atoms with Crippen molar-refractivity contribution in [1.29, 1.82) is 0 Å². The van der Waals surface area contributed by atoms with Gasteiger partial charge in [0.2, 0.25) is 5.95 Å².